The van der Waals surface area contributed by atoms with Crippen LogP contribution >= 0.6 is 12.2 Å². The predicted octanol–water partition coefficient (Wildman–Crippen LogP) is 2.37. The highest BCUT2D eigenvalue weighted by Gasteiger charge is 2.18. The van der Waals surface area contributed by atoms with Crippen molar-refractivity contribution in [1.82, 2.24) is 14.5 Å². The molecule has 2 aromatic carbocycles. The molecule has 0 atom stereocenters. The van der Waals surface area contributed by atoms with Gasteiger partial charge < -0.3 is 19.4 Å². The first-order chi connectivity index (χ1) is 15.0. The van der Waals surface area contributed by atoms with Gasteiger partial charge in [0.05, 0.1) is 43.3 Å². The molecule has 0 spiro atoms. The molecule has 0 bridgehead atoms. The molecule has 0 radical (unpaired) electrons. The fourth-order valence-corrected chi connectivity index (χ4v) is 3.78. The average Bonchev–Trinajstić information content (AvgIpc) is 2.81. The molecule has 3 aromatic rings. The summed E-state index contributed by atoms with van der Waals surface area (Å²) in [5, 5.41) is 0.417. The molecule has 160 valence electrons. The molecule has 1 fully saturated rings. The van der Waals surface area contributed by atoms with E-state index < -0.39 is 5.97 Å². The van der Waals surface area contributed by atoms with E-state index in [1.165, 1.54) is 11.7 Å². The van der Waals surface area contributed by atoms with Gasteiger partial charge in [0, 0.05) is 18.7 Å². The van der Waals surface area contributed by atoms with E-state index in [1.807, 2.05) is 12.1 Å². The van der Waals surface area contributed by atoms with Crippen LogP contribution in [0.5, 0.6) is 0 Å². The number of rotatable bonds is 4. The maximum Gasteiger partial charge on any atom is 0.337 e. The number of carbonyl (C=O) groups excluding carboxylic acids is 2. The number of ether oxygens (including phenoxy) is 2. The molecule has 31 heavy (non-hydrogen) atoms. The van der Waals surface area contributed by atoms with Crippen molar-refractivity contribution in [3.63, 3.8) is 0 Å². The third-order valence-electron chi connectivity index (χ3n) is 5.24. The Bertz CT molecular complexity index is 1260. The summed E-state index contributed by atoms with van der Waals surface area (Å²) in [7, 11) is 1.30. The van der Waals surface area contributed by atoms with Gasteiger partial charge in [0.15, 0.2) is 4.77 Å². The Morgan fingerprint density at radius 1 is 1.10 bits per heavy atom. The Morgan fingerprint density at radius 2 is 1.77 bits per heavy atom. The van der Waals surface area contributed by atoms with Crippen molar-refractivity contribution in [2.24, 2.45) is 0 Å². The maximum absolute atomic E-state index is 13.0. The van der Waals surface area contributed by atoms with Gasteiger partial charge >= 0.3 is 5.97 Å². The molecule has 4 rings (SSSR count). The van der Waals surface area contributed by atoms with Crippen molar-refractivity contribution in [2.45, 2.75) is 6.54 Å². The van der Waals surface area contributed by atoms with E-state index >= 15 is 0 Å². The van der Waals surface area contributed by atoms with Gasteiger partial charge in [-0.1, -0.05) is 12.1 Å². The molecule has 1 saturated heterocycles. The van der Waals surface area contributed by atoms with E-state index in [0.29, 0.717) is 48.3 Å². The van der Waals surface area contributed by atoms with Gasteiger partial charge in [-0.25, -0.2) is 4.79 Å². The second kappa shape index (κ2) is 8.83. The number of nitrogens with zero attached hydrogens (tertiary/aromatic N) is 2. The quantitative estimate of drug-likeness (QED) is 0.496. The molecule has 0 unspecified atom stereocenters. The smallest absolute Gasteiger partial charge is 0.337 e. The highest BCUT2D eigenvalue weighted by Crippen LogP contribution is 2.14. The third-order valence-corrected chi connectivity index (χ3v) is 5.57. The molecular weight excluding hydrogens is 418 g/mol. The number of esters is 1. The molecule has 1 amide bonds. The van der Waals surface area contributed by atoms with E-state index in [2.05, 4.69) is 4.98 Å². The Hall–Kier alpha value is -3.30. The van der Waals surface area contributed by atoms with Crippen LogP contribution in [0.4, 0.5) is 0 Å². The summed E-state index contributed by atoms with van der Waals surface area (Å²) < 4.78 is 11.7. The summed E-state index contributed by atoms with van der Waals surface area (Å²) >= 11 is 5.37. The van der Waals surface area contributed by atoms with Crippen LogP contribution in [0.15, 0.2) is 47.3 Å². The molecule has 1 aliphatic heterocycles. The van der Waals surface area contributed by atoms with E-state index in [9.17, 15) is 14.4 Å². The Kier molecular flexibility index (Phi) is 5.97. The fourth-order valence-electron chi connectivity index (χ4n) is 3.53. The highest BCUT2D eigenvalue weighted by molar-refractivity contribution is 7.71. The zero-order chi connectivity index (χ0) is 22.0. The van der Waals surface area contributed by atoms with E-state index in [4.69, 9.17) is 21.7 Å². The van der Waals surface area contributed by atoms with Crippen molar-refractivity contribution in [1.29, 1.82) is 0 Å². The molecular formula is C22H21N3O5S. The van der Waals surface area contributed by atoms with Crippen molar-refractivity contribution >= 4 is 35.0 Å². The number of benzene rings is 2. The number of nitrogens with one attached hydrogen (secondary N) is 1. The number of amides is 1. The van der Waals surface area contributed by atoms with Crippen LogP contribution in [0.1, 0.15) is 26.3 Å². The van der Waals surface area contributed by atoms with Crippen LogP contribution in [0.25, 0.3) is 10.9 Å². The Labute approximate surface area is 183 Å². The number of aromatic amines is 1. The fraction of sp³-hybridized carbons (Fsp3) is 0.273. The van der Waals surface area contributed by atoms with Crippen molar-refractivity contribution in [3.8, 4) is 0 Å². The number of carbonyl (C=O) groups is 2. The lowest BCUT2D eigenvalue weighted by Crippen LogP contribution is -2.40. The zero-order valence-electron chi connectivity index (χ0n) is 16.9. The Balaban J connectivity index is 1.59. The number of hydrogen-bond acceptors (Lipinski definition) is 6. The predicted molar refractivity (Wildman–Crippen MR) is 117 cm³/mol. The molecule has 1 N–H and O–H groups in total. The first-order valence-corrected chi connectivity index (χ1v) is 10.2. The van der Waals surface area contributed by atoms with Gasteiger partial charge in [-0.05, 0) is 48.1 Å². The first-order valence-electron chi connectivity index (χ1n) is 9.79. The summed E-state index contributed by atoms with van der Waals surface area (Å²) in [6.07, 6.45) is 0. The van der Waals surface area contributed by atoms with Gasteiger partial charge in [-0.3, -0.25) is 14.2 Å². The van der Waals surface area contributed by atoms with Crippen LogP contribution in [0.3, 0.4) is 0 Å². The molecule has 1 aliphatic rings. The number of H-pyrrole nitrogens is 1. The van der Waals surface area contributed by atoms with Gasteiger partial charge in [-0.15, -0.1) is 0 Å². The number of hydrogen-bond donors (Lipinski definition) is 1. The monoisotopic (exact) mass is 439 g/mol. The maximum atomic E-state index is 13.0. The lowest BCUT2D eigenvalue weighted by Gasteiger charge is -2.26. The van der Waals surface area contributed by atoms with Gasteiger partial charge in [0.1, 0.15) is 0 Å². The Morgan fingerprint density at radius 3 is 2.45 bits per heavy atom. The van der Waals surface area contributed by atoms with Gasteiger partial charge in [0.25, 0.3) is 11.5 Å². The highest BCUT2D eigenvalue weighted by atomic mass is 32.1. The van der Waals surface area contributed by atoms with E-state index in [1.54, 1.807) is 35.2 Å². The topological polar surface area (TPSA) is 93.6 Å². The minimum atomic E-state index is -0.489. The van der Waals surface area contributed by atoms with Crippen LogP contribution in [0, 0.1) is 4.77 Å². The largest absolute Gasteiger partial charge is 0.465 e. The van der Waals surface area contributed by atoms with Gasteiger partial charge in [-0.2, -0.15) is 0 Å². The number of aromatic nitrogens is 2. The first kappa shape index (κ1) is 21.0. The number of fused-ring (bicyclic) bond motifs is 1. The zero-order valence-corrected chi connectivity index (χ0v) is 17.7. The van der Waals surface area contributed by atoms with E-state index in [0.717, 1.165) is 5.56 Å². The van der Waals surface area contributed by atoms with Crippen LogP contribution in [0.2, 0.25) is 0 Å². The van der Waals surface area contributed by atoms with Crippen LogP contribution in [-0.2, 0) is 16.0 Å². The summed E-state index contributed by atoms with van der Waals surface area (Å²) in [4.78, 5) is 42.1. The summed E-state index contributed by atoms with van der Waals surface area (Å²) in [5.74, 6) is -0.520. The van der Waals surface area contributed by atoms with Crippen molar-refractivity contribution in [3.05, 3.63) is 74.3 Å². The summed E-state index contributed by atoms with van der Waals surface area (Å²) in [6, 6.07) is 11.8. The SMILES string of the molecule is COC(=O)c1ccc2c(=O)n(Cc3ccc(C(=O)N4CCOCC4)cc3)c(=S)[nH]c2c1. The molecule has 0 aliphatic carbocycles. The number of morpholine rings is 1. The summed E-state index contributed by atoms with van der Waals surface area (Å²) in [6.45, 7) is 2.52. The van der Waals surface area contributed by atoms with Crippen molar-refractivity contribution < 1.29 is 19.1 Å². The normalized spacial score (nSPS) is 13.9. The molecule has 0 saturated carbocycles. The number of methoxy groups -OCH3 is 1. The molecule has 2 heterocycles. The molecule has 8 nitrogen and oxygen atoms in total. The second-order valence-electron chi connectivity index (χ2n) is 7.17. The lowest BCUT2D eigenvalue weighted by molar-refractivity contribution is 0.0303. The lowest BCUT2D eigenvalue weighted by atomic mass is 10.1. The third kappa shape index (κ3) is 4.28. The van der Waals surface area contributed by atoms with Crippen LogP contribution < -0.4 is 5.56 Å². The molecule has 1 aromatic heterocycles. The summed E-state index contributed by atoms with van der Waals surface area (Å²) in [5.41, 5.74) is 1.98. The van der Waals surface area contributed by atoms with Crippen molar-refractivity contribution in [2.75, 3.05) is 33.4 Å². The molecule has 9 heteroatoms. The second-order valence-corrected chi connectivity index (χ2v) is 7.56. The average molecular weight is 439 g/mol. The van der Waals surface area contributed by atoms with E-state index in [-0.39, 0.29) is 22.8 Å². The van der Waals surface area contributed by atoms with Crippen LogP contribution in [-0.4, -0.2) is 59.7 Å². The minimum Gasteiger partial charge on any atom is -0.465 e. The standard InChI is InChI=1S/C22H21N3O5S/c1-29-21(28)16-6-7-17-18(12-16)23-22(31)25(20(17)27)13-14-2-4-15(5-3-14)19(26)24-8-10-30-11-9-24/h2-7,12H,8-11,13H2,1H3,(H,23,31). The minimum absolute atomic E-state index is 0.0311. The van der Waals surface area contributed by atoms with Gasteiger partial charge in [0.2, 0.25) is 0 Å².